The van der Waals surface area contributed by atoms with Crippen LogP contribution >= 0.6 is 11.8 Å². The number of carboxylic acids is 1. The third-order valence-electron chi connectivity index (χ3n) is 2.40. The summed E-state index contributed by atoms with van der Waals surface area (Å²) in [6, 6.07) is 0. The number of amides is 1. The zero-order chi connectivity index (χ0) is 14.6. The van der Waals surface area contributed by atoms with Crippen LogP contribution in [0.15, 0.2) is 0 Å². The predicted octanol–water partition coefficient (Wildman–Crippen LogP) is 1.38. The molecule has 0 aliphatic carbocycles. The molecule has 1 saturated heterocycles. The van der Waals surface area contributed by atoms with Crippen molar-refractivity contribution < 1.29 is 24.2 Å². The van der Waals surface area contributed by atoms with Crippen molar-refractivity contribution in [1.29, 1.82) is 0 Å². The molecule has 0 spiro atoms. The molecular formula is C12H19NO5S. The maximum atomic E-state index is 11.9. The van der Waals surface area contributed by atoms with Crippen molar-refractivity contribution in [1.82, 2.24) is 4.90 Å². The van der Waals surface area contributed by atoms with Crippen molar-refractivity contribution in [2.24, 2.45) is 0 Å². The molecule has 1 unspecified atom stereocenters. The van der Waals surface area contributed by atoms with Crippen LogP contribution in [0.3, 0.4) is 0 Å². The number of hydrogen-bond acceptors (Lipinski definition) is 5. The van der Waals surface area contributed by atoms with E-state index < -0.39 is 29.3 Å². The second-order valence-corrected chi connectivity index (χ2v) is 6.63. The Morgan fingerprint density at radius 2 is 2.00 bits per heavy atom. The van der Waals surface area contributed by atoms with Crippen LogP contribution in [-0.2, 0) is 14.3 Å². The summed E-state index contributed by atoms with van der Waals surface area (Å²) in [7, 11) is 0. The first-order valence-electron chi connectivity index (χ1n) is 6.03. The molecule has 1 aliphatic rings. The fourth-order valence-electron chi connectivity index (χ4n) is 1.60. The van der Waals surface area contributed by atoms with E-state index in [9.17, 15) is 14.4 Å². The Morgan fingerprint density at radius 3 is 2.53 bits per heavy atom. The van der Waals surface area contributed by atoms with E-state index in [-0.39, 0.29) is 12.3 Å². The molecule has 1 N–H and O–H groups in total. The molecule has 6 nitrogen and oxygen atoms in total. The molecule has 0 saturated carbocycles. The zero-order valence-corrected chi connectivity index (χ0v) is 12.2. The molecule has 7 heteroatoms. The fraction of sp³-hybridized carbons (Fsp3) is 0.750. The maximum Gasteiger partial charge on any atom is 0.410 e. The Morgan fingerprint density at radius 1 is 1.37 bits per heavy atom. The highest BCUT2D eigenvalue weighted by Crippen LogP contribution is 2.22. The predicted molar refractivity (Wildman–Crippen MR) is 71.3 cm³/mol. The van der Waals surface area contributed by atoms with Crippen molar-refractivity contribution in [2.45, 2.75) is 38.0 Å². The Bertz CT molecular complexity index is 377. The second-order valence-electron chi connectivity index (χ2n) is 5.32. The van der Waals surface area contributed by atoms with Crippen LogP contribution in [0.1, 0.15) is 27.2 Å². The quantitative estimate of drug-likeness (QED) is 0.790. The highest BCUT2D eigenvalue weighted by Gasteiger charge is 2.31. The Hall–Kier alpha value is -1.24. The van der Waals surface area contributed by atoms with Crippen LogP contribution < -0.4 is 0 Å². The molecule has 19 heavy (non-hydrogen) atoms. The van der Waals surface area contributed by atoms with Gasteiger partial charge in [-0.05, 0) is 20.8 Å². The molecule has 0 aromatic rings. The summed E-state index contributed by atoms with van der Waals surface area (Å²) in [5.41, 5.74) is -0.581. The summed E-state index contributed by atoms with van der Waals surface area (Å²) in [5.74, 6) is -0.888. The monoisotopic (exact) mass is 289 g/mol. The number of carbonyl (C=O) groups excluding carboxylic acids is 2. The van der Waals surface area contributed by atoms with Crippen LogP contribution in [-0.4, -0.2) is 57.5 Å². The molecule has 0 bridgehead atoms. The molecule has 0 aromatic heterocycles. The van der Waals surface area contributed by atoms with E-state index in [4.69, 9.17) is 9.84 Å². The number of hydrogen-bond donors (Lipinski definition) is 1. The number of carbonyl (C=O) groups is 3. The summed E-state index contributed by atoms with van der Waals surface area (Å²) < 4.78 is 5.24. The Kier molecular flexibility index (Phi) is 5.22. The molecule has 1 amide bonds. The highest BCUT2D eigenvalue weighted by atomic mass is 32.2. The summed E-state index contributed by atoms with van der Waals surface area (Å²) in [4.78, 5) is 35.5. The van der Waals surface area contributed by atoms with Crippen LogP contribution in [0, 0.1) is 0 Å². The number of aliphatic carboxylic acids is 1. The smallest absolute Gasteiger partial charge is 0.410 e. The first-order chi connectivity index (χ1) is 8.69. The molecule has 0 aromatic carbocycles. The minimum Gasteiger partial charge on any atom is -0.481 e. The molecule has 1 fully saturated rings. The van der Waals surface area contributed by atoms with E-state index in [1.165, 1.54) is 16.7 Å². The summed E-state index contributed by atoms with van der Waals surface area (Å²) in [6.07, 6.45) is -0.958. The molecule has 108 valence electrons. The van der Waals surface area contributed by atoms with E-state index >= 15 is 0 Å². The van der Waals surface area contributed by atoms with Crippen LogP contribution in [0.5, 0.6) is 0 Å². The first-order valence-corrected chi connectivity index (χ1v) is 7.08. The summed E-state index contributed by atoms with van der Waals surface area (Å²) >= 11 is 1.39. The van der Waals surface area contributed by atoms with Gasteiger partial charge in [0.2, 0.25) is 0 Å². The second kappa shape index (κ2) is 6.27. The molecule has 1 aliphatic heterocycles. The van der Waals surface area contributed by atoms with Crippen molar-refractivity contribution in [2.75, 3.05) is 18.8 Å². The fourth-order valence-corrected chi connectivity index (χ4v) is 2.76. The van der Waals surface area contributed by atoms with Crippen LogP contribution in [0.4, 0.5) is 4.79 Å². The van der Waals surface area contributed by atoms with E-state index in [0.717, 1.165) is 0 Å². The average Bonchev–Trinajstić information content (AvgIpc) is 2.26. The number of thioether (sulfide) groups is 1. The largest absolute Gasteiger partial charge is 0.481 e. The third kappa shape index (κ3) is 5.50. The van der Waals surface area contributed by atoms with Gasteiger partial charge in [-0.1, -0.05) is 0 Å². The van der Waals surface area contributed by atoms with Gasteiger partial charge in [-0.2, -0.15) is 0 Å². The van der Waals surface area contributed by atoms with Gasteiger partial charge >= 0.3 is 12.1 Å². The lowest BCUT2D eigenvalue weighted by molar-refractivity contribution is -0.140. The number of Topliss-reactive ketones (excluding diaryl/α,β-unsaturated/α-hetero) is 1. The van der Waals surface area contributed by atoms with Gasteiger partial charge in [-0.3, -0.25) is 9.59 Å². The number of carboxylic acid groups (broad SMARTS) is 1. The van der Waals surface area contributed by atoms with Crippen LogP contribution in [0.2, 0.25) is 0 Å². The number of ether oxygens (including phenoxy) is 1. The SMILES string of the molecule is CC(C)(C)OC(=O)N1CCSC(C(=O)CC(=O)O)C1. The van der Waals surface area contributed by atoms with E-state index in [0.29, 0.717) is 12.3 Å². The lowest BCUT2D eigenvalue weighted by atomic mass is 10.2. The third-order valence-corrected chi connectivity index (χ3v) is 3.64. The molecular weight excluding hydrogens is 270 g/mol. The zero-order valence-electron chi connectivity index (χ0n) is 11.3. The van der Waals surface area contributed by atoms with Crippen molar-refractivity contribution in [3.63, 3.8) is 0 Å². The van der Waals surface area contributed by atoms with Crippen molar-refractivity contribution in [3.8, 4) is 0 Å². The summed E-state index contributed by atoms with van der Waals surface area (Å²) in [5, 5.41) is 8.13. The van der Waals surface area contributed by atoms with Gasteiger partial charge in [0, 0.05) is 18.8 Å². The standard InChI is InChI=1S/C12H19NO5S/c1-12(2,3)18-11(17)13-4-5-19-9(7-13)8(14)6-10(15)16/h9H,4-7H2,1-3H3,(H,15,16). The molecule has 0 radical (unpaired) electrons. The molecule has 1 heterocycles. The number of rotatable bonds is 3. The van der Waals surface area contributed by atoms with Gasteiger partial charge in [0.05, 0.1) is 5.25 Å². The Balaban J connectivity index is 2.57. The number of nitrogens with zero attached hydrogens (tertiary/aromatic N) is 1. The highest BCUT2D eigenvalue weighted by molar-refractivity contribution is 8.00. The number of ketones is 1. The average molecular weight is 289 g/mol. The van der Waals surface area contributed by atoms with Crippen LogP contribution in [0.25, 0.3) is 0 Å². The lowest BCUT2D eigenvalue weighted by Crippen LogP contribution is -2.46. The minimum absolute atomic E-state index is 0.214. The lowest BCUT2D eigenvalue weighted by Gasteiger charge is -2.33. The normalized spacial score (nSPS) is 19.9. The van der Waals surface area contributed by atoms with E-state index in [1.54, 1.807) is 20.8 Å². The Labute approximate surface area is 116 Å². The van der Waals surface area contributed by atoms with Gasteiger partial charge in [0.25, 0.3) is 0 Å². The molecule has 1 atom stereocenters. The first kappa shape index (κ1) is 15.8. The van der Waals surface area contributed by atoms with E-state index in [2.05, 4.69) is 0 Å². The summed E-state index contributed by atoms with van der Waals surface area (Å²) in [6.45, 7) is 6.05. The minimum atomic E-state index is -1.14. The van der Waals surface area contributed by atoms with Gasteiger partial charge < -0.3 is 14.7 Å². The van der Waals surface area contributed by atoms with E-state index in [1.807, 2.05) is 0 Å². The van der Waals surface area contributed by atoms with Crippen molar-refractivity contribution >= 4 is 29.6 Å². The van der Waals surface area contributed by atoms with Crippen molar-refractivity contribution in [3.05, 3.63) is 0 Å². The van der Waals surface area contributed by atoms with Gasteiger partial charge in [-0.25, -0.2) is 4.79 Å². The van der Waals surface area contributed by atoms with Gasteiger partial charge in [0.15, 0.2) is 5.78 Å². The topological polar surface area (TPSA) is 83.9 Å². The maximum absolute atomic E-state index is 11.9. The molecule has 1 rings (SSSR count). The van der Waals surface area contributed by atoms with Gasteiger partial charge in [-0.15, -0.1) is 11.8 Å². The van der Waals surface area contributed by atoms with Gasteiger partial charge in [0.1, 0.15) is 12.0 Å².